The van der Waals surface area contributed by atoms with E-state index in [0.717, 1.165) is 55.6 Å². The van der Waals surface area contributed by atoms with Crippen molar-refractivity contribution in [1.82, 2.24) is 4.98 Å². The highest BCUT2D eigenvalue weighted by atomic mass is 35.5. The maximum Gasteiger partial charge on any atom is 0.529 e. The van der Waals surface area contributed by atoms with Gasteiger partial charge in [-0.1, -0.05) is 206 Å². The number of aliphatic hydroxyl groups is 2. The summed E-state index contributed by atoms with van der Waals surface area (Å²) in [6.07, 6.45) is 7.92. The molecule has 0 aliphatic heterocycles. The summed E-state index contributed by atoms with van der Waals surface area (Å²) < 4.78 is 90.5. The summed E-state index contributed by atoms with van der Waals surface area (Å²) in [4.78, 5) is 4.13. The molecule has 0 saturated carbocycles. The molecule has 1 aromatic heterocycles. The Labute approximate surface area is 633 Å². The largest absolute Gasteiger partial charge is 0.529 e. The Morgan fingerprint density at radius 2 is 0.461 bits per heavy atom. The zero-order chi connectivity index (χ0) is 73.4. The van der Waals surface area contributed by atoms with E-state index >= 15 is 0 Å². The van der Waals surface area contributed by atoms with Crippen molar-refractivity contribution in [2.45, 2.75) is 48.5 Å². The molecule has 9 aromatic rings. The van der Waals surface area contributed by atoms with Crippen LogP contribution in [0.5, 0.6) is 5.75 Å². The molecule has 102 heavy (non-hydrogen) atoms. The van der Waals surface area contributed by atoms with Gasteiger partial charge in [0.25, 0.3) is 0 Å². The molecule has 8 aromatic carbocycles. The smallest absolute Gasteiger partial charge is 0.508 e. The van der Waals surface area contributed by atoms with E-state index in [0.29, 0.717) is 42.5 Å². The highest BCUT2D eigenvalue weighted by molar-refractivity contribution is 6.99. The van der Waals surface area contributed by atoms with E-state index < -0.39 is 52.8 Å². The third-order valence-corrected chi connectivity index (χ3v) is 39.5. The van der Waals surface area contributed by atoms with Gasteiger partial charge in [-0.2, -0.15) is 0 Å². The molecule has 540 valence electrons. The van der Waals surface area contributed by atoms with Crippen LogP contribution in [0.4, 0.5) is 0 Å². The Morgan fingerprint density at radius 3 is 0.657 bits per heavy atom. The van der Waals surface area contributed by atoms with Gasteiger partial charge in [0, 0.05) is 123 Å². The maximum absolute atomic E-state index is 9.31. The first-order valence-electron chi connectivity index (χ1n) is 31.7. The first kappa shape index (κ1) is 82.3. The lowest BCUT2D eigenvalue weighted by atomic mass is 10.1. The predicted molar refractivity (Wildman–Crippen MR) is 418 cm³/mol. The molecule has 3 N–H and O–H groups in total. The summed E-state index contributed by atoms with van der Waals surface area (Å²) in [5.74, 6) is 1.71. The van der Waals surface area contributed by atoms with Crippen molar-refractivity contribution in [3.8, 4) is 5.75 Å². The van der Waals surface area contributed by atoms with Crippen molar-refractivity contribution in [2.24, 2.45) is 0 Å². The van der Waals surface area contributed by atoms with Crippen molar-refractivity contribution >= 4 is 178 Å². The molecule has 4 atom stereocenters. The molecular formula is C73H81Cl6NO16Si6. The first-order chi connectivity index (χ1) is 49.4. The molecule has 9 rings (SSSR count). The molecule has 0 spiro atoms. The minimum atomic E-state index is -4.77. The second-order valence-electron chi connectivity index (χ2n) is 22.6. The van der Waals surface area contributed by atoms with Gasteiger partial charge >= 0.3 is 52.8 Å². The number of phenols is 1. The number of phenolic OH excluding ortho intramolecular Hbond substituents is 1. The standard InChI is InChI=1S/C50H60Cl6O13Si6.C23H21NO3/c1-57-70(58-2,45-21-9-39(33-51)10-22-45)65-72(61-5,47-25-13-41(35-53)14-26-47)67-74(63-7,49-29-17-43(37-55)18-30-49)69-75(64-8,50-31-19-44(38-56)20-32-50)68-73(62-6,48-27-15-42(36-54)16-28-48)66-71(59-3,60-4)46-23-11-40(34-52)12-24-46;25-15-21-13-20(14-22(16-26)24-21)8-7-18-3-1-17(2-4-18)5-6-19-9-11-23(27)12-10-19/h9-32H,33-38H2,1-8H3;1-14,25-27H,15-16H2/b;6-5+,8-7+. The Kier molecular flexibility index (Phi) is 31.7. The molecule has 17 nitrogen and oxygen atoms in total. The second-order valence-corrected chi connectivity index (χ2v) is 41.7. The van der Waals surface area contributed by atoms with Gasteiger partial charge in [0.1, 0.15) is 5.75 Å². The van der Waals surface area contributed by atoms with Crippen molar-refractivity contribution in [3.63, 3.8) is 0 Å². The number of rotatable bonds is 36. The van der Waals surface area contributed by atoms with Gasteiger partial charge in [-0.15, -0.1) is 69.6 Å². The Balaban J connectivity index is 0.000000406. The second kappa shape index (κ2) is 39.3. The van der Waals surface area contributed by atoms with Gasteiger partial charge in [0.05, 0.1) is 24.6 Å². The normalized spacial score (nSPS) is 14.4. The number of benzene rings is 8. The monoisotopic (exact) mass is 1610 g/mol. The van der Waals surface area contributed by atoms with Crippen molar-refractivity contribution < 1.29 is 71.3 Å². The third-order valence-electron chi connectivity index (χ3n) is 16.3. The van der Waals surface area contributed by atoms with Crippen molar-refractivity contribution in [3.05, 3.63) is 273 Å². The van der Waals surface area contributed by atoms with Gasteiger partial charge in [0.15, 0.2) is 0 Å². The van der Waals surface area contributed by atoms with Crippen LogP contribution in [-0.4, -0.2) is 130 Å². The molecule has 4 unspecified atom stereocenters. The SMILES string of the molecule is CO[Si](OC)(O[Si](OC)(O[Si](OC)(O[Si](OC)(O[Si](OC)(O[Si](OC)(OC)c1ccc(CCl)cc1)c1ccc(CCl)cc1)c1ccc(CCl)cc1)c1ccc(CCl)cc1)c1ccc(CCl)cc1)c1ccc(CCl)cc1.OCc1cc(/C=C/c2ccc(/C=C/c3ccc(O)cc3)cc2)cc(CO)n1. The minimum absolute atomic E-state index is 0.156. The van der Waals surface area contributed by atoms with E-state index in [1.54, 1.807) is 24.3 Å². The number of aromatic hydroxyl groups is 1. The molecule has 0 aliphatic rings. The molecule has 1 heterocycles. The highest BCUT2D eigenvalue weighted by Crippen LogP contribution is 2.32. The Bertz CT molecular complexity index is 3900. The average Bonchev–Trinajstić information content (AvgIpc) is 0.734. The Morgan fingerprint density at radius 1 is 0.275 bits per heavy atom. The van der Waals surface area contributed by atoms with Crippen LogP contribution < -0.4 is 31.1 Å². The Hall–Kier alpha value is -5.37. The number of aromatic nitrogens is 1. The van der Waals surface area contributed by atoms with E-state index in [1.807, 2.05) is 206 Å². The van der Waals surface area contributed by atoms with Crippen LogP contribution in [0.3, 0.4) is 0 Å². The predicted octanol–water partition coefficient (Wildman–Crippen LogP) is 11.9. The summed E-state index contributed by atoms with van der Waals surface area (Å²) in [6, 6.07) is 62.9. The molecule has 0 amide bonds. The van der Waals surface area contributed by atoms with Crippen molar-refractivity contribution in [1.29, 1.82) is 0 Å². The summed E-state index contributed by atoms with van der Waals surface area (Å²) >= 11 is 38.1. The summed E-state index contributed by atoms with van der Waals surface area (Å²) in [6.45, 7) is -0.312. The van der Waals surface area contributed by atoms with Gasteiger partial charge in [0.2, 0.25) is 0 Å². The van der Waals surface area contributed by atoms with E-state index in [-0.39, 0.29) is 54.2 Å². The summed E-state index contributed by atoms with van der Waals surface area (Å²) in [5.41, 5.74) is 10.1. The van der Waals surface area contributed by atoms with E-state index in [4.69, 9.17) is 126 Å². The van der Waals surface area contributed by atoms with Crippen LogP contribution in [0.15, 0.2) is 206 Å². The number of hydrogen-bond acceptors (Lipinski definition) is 17. The lowest BCUT2D eigenvalue weighted by Gasteiger charge is -2.45. The van der Waals surface area contributed by atoms with Gasteiger partial charge in [-0.25, -0.2) is 0 Å². The zero-order valence-electron chi connectivity index (χ0n) is 57.5. The number of hydrogen-bond donors (Lipinski definition) is 3. The summed E-state index contributed by atoms with van der Waals surface area (Å²) in [7, 11) is -14.9. The number of nitrogens with zero attached hydrogens (tertiary/aromatic N) is 1. The average molecular weight is 1610 g/mol. The number of aliphatic hydroxyl groups excluding tert-OH is 2. The molecule has 29 heteroatoms. The van der Waals surface area contributed by atoms with Crippen LogP contribution in [0.1, 0.15) is 67.0 Å². The topological polar surface area (TPSA) is 194 Å². The molecule has 0 fully saturated rings. The minimum Gasteiger partial charge on any atom is -0.508 e. The van der Waals surface area contributed by atoms with Gasteiger partial charge in [-0.3, -0.25) is 4.98 Å². The summed E-state index contributed by atoms with van der Waals surface area (Å²) in [5, 5.41) is 30.8. The first-order valence-corrected chi connectivity index (χ1v) is 45.3. The lowest BCUT2D eigenvalue weighted by Crippen LogP contribution is -2.79. The number of halogens is 6. The van der Waals surface area contributed by atoms with Gasteiger partial charge < -0.3 is 71.3 Å². The zero-order valence-corrected chi connectivity index (χ0v) is 68.0. The van der Waals surface area contributed by atoms with E-state index in [9.17, 15) is 15.3 Å². The van der Waals surface area contributed by atoms with Crippen LogP contribution >= 0.6 is 69.6 Å². The molecule has 0 saturated heterocycles. The molecule has 0 bridgehead atoms. The number of pyridine rings is 1. The maximum atomic E-state index is 9.31. The molecule has 0 aliphatic carbocycles. The van der Waals surface area contributed by atoms with Crippen LogP contribution in [0, 0.1) is 0 Å². The quantitative estimate of drug-likeness (QED) is 0.0190. The highest BCUT2D eigenvalue weighted by Gasteiger charge is 2.68. The van der Waals surface area contributed by atoms with Crippen LogP contribution in [0.25, 0.3) is 24.3 Å². The van der Waals surface area contributed by atoms with Crippen LogP contribution in [-0.2, 0) is 104 Å². The lowest BCUT2D eigenvalue weighted by molar-refractivity contribution is 0.0756. The fourth-order valence-corrected chi connectivity index (χ4v) is 35.3. The van der Waals surface area contributed by atoms with E-state index in [2.05, 4.69) is 4.98 Å². The molecule has 0 radical (unpaired) electrons. The van der Waals surface area contributed by atoms with Crippen molar-refractivity contribution in [2.75, 3.05) is 56.9 Å². The number of alkyl halides is 6. The third kappa shape index (κ3) is 20.2. The van der Waals surface area contributed by atoms with Crippen LogP contribution in [0.2, 0.25) is 0 Å². The van der Waals surface area contributed by atoms with E-state index in [1.165, 1.54) is 56.9 Å². The fraction of sp³-hybridized carbons (Fsp3) is 0.219. The molecular weight excluding hydrogens is 1530 g/mol. The van der Waals surface area contributed by atoms with Gasteiger partial charge in [-0.05, 0) is 79.9 Å². The fourth-order valence-electron chi connectivity index (χ4n) is 10.6.